The Balaban J connectivity index is 1.94. The van der Waals surface area contributed by atoms with Gasteiger partial charge in [0.15, 0.2) is 0 Å². The molecule has 0 radical (unpaired) electrons. The Morgan fingerprint density at radius 2 is 2.27 bits per heavy atom. The van der Waals surface area contributed by atoms with Crippen molar-refractivity contribution >= 4 is 17.8 Å². The number of urea groups is 1. The fourth-order valence-electron chi connectivity index (χ4n) is 2.37. The average Bonchev–Trinajstić information content (AvgIpc) is 2.93. The molecule has 0 spiro atoms. The van der Waals surface area contributed by atoms with Crippen LogP contribution in [0.2, 0.25) is 0 Å². The minimum atomic E-state index is -0.881. The summed E-state index contributed by atoms with van der Waals surface area (Å²) in [5.74, 6) is 0.350. The zero-order chi connectivity index (χ0) is 16.2. The van der Waals surface area contributed by atoms with Gasteiger partial charge in [-0.25, -0.2) is 13.6 Å². The summed E-state index contributed by atoms with van der Waals surface area (Å²) in [7, 11) is 0. The van der Waals surface area contributed by atoms with Gasteiger partial charge in [-0.15, -0.1) is 0 Å². The molecule has 1 aliphatic rings. The van der Waals surface area contributed by atoms with Gasteiger partial charge in [-0.2, -0.15) is 11.8 Å². The van der Waals surface area contributed by atoms with Gasteiger partial charge in [0.25, 0.3) is 0 Å². The van der Waals surface area contributed by atoms with E-state index in [1.807, 2.05) is 0 Å². The smallest absolute Gasteiger partial charge is 0.315 e. The molecular weight excluding hydrogens is 310 g/mol. The molecule has 1 aliphatic heterocycles. The number of rotatable bonds is 5. The molecule has 1 saturated heterocycles. The molecule has 0 aliphatic carbocycles. The topological polar surface area (TPSA) is 61.4 Å². The molecule has 0 unspecified atom stereocenters. The van der Waals surface area contributed by atoms with E-state index in [1.54, 1.807) is 18.7 Å². The van der Waals surface area contributed by atoms with Crippen LogP contribution in [0.1, 0.15) is 31.4 Å². The molecule has 1 fully saturated rings. The van der Waals surface area contributed by atoms with Crippen LogP contribution in [0.15, 0.2) is 18.2 Å². The Kier molecular flexibility index (Phi) is 5.63. The summed E-state index contributed by atoms with van der Waals surface area (Å²) in [6, 6.07) is 2.05. The van der Waals surface area contributed by atoms with Crippen LogP contribution in [0.3, 0.4) is 0 Å². The lowest BCUT2D eigenvalue weighted by molar-refractivity contribution is 0.0698. The number of hydrogen-bond donors (Lipinski definition) is 3. The highest BCUT2D eigenvalue weighted by atomic mass is 32.2. The predicted octanol–water partition coefficient (Wildman–Crippen LogP) is 2.58. The van der Waals surface area contributed by atoms with E-state index >= 15 is 0 Å². The molecule has 3 N–H and O–H groups in total. The molecule has 0 bridgehead atoms. The van der Waals surface area contributed by atoms with E-state index in [-0.39, 0.29) is 12.1 Å². The van der Waals surface area contributed by atoms with Crippen LogP contribution in [0.4, 0.5) is 13.6 Å². The van der Waals surface area contributed by atoms with Crippen molar-refractivity contribution in [2.24, 2.45) is 0 Å². The average molecular weight is 330 g/mol. The van der Waals surface area contributed by atoms with Gasteiger partial charge in [-0.05, 0) is 36.8 Å². The van der Waals surface area contributed by atoms with Crippen molar-refractivity contribution in [2.45, 2.75) is 31.4 Å². The van der Waals surface area contributed by atoms with E-state index in [2.05, 4.69) is 10.6 Å². The zero-order valence-corrected chi connectivity index (χ0v) is 13.2. The lowest BCUT2D eigenvalue weighted by atomic mass is 10.0. The summed E-state index contributed by atoms with van der Waals surface area (Å²) in [6.07, 6.45) is 1.06. The molecule has 7 heteroatoms. The molecule has 1 aromatic carbocycles. The van der Waals surface area contributed by atoms with Crippen molar-refractivity contribution in [1.82, 2.24) is 10.6 Å². The number of aliphatic hydroxyl groups is 1. The van der Waals surface area contributed by atoms with Gasteiger partial charge in [0.2, 0.25) is 0 Å². The Hall–Kier alpha value is -1.34. The molecule has 0 saturated carbocycles. The highest BCUT2D eigenvalue weighted by Crippen LogP contribution is 2.27. The van der Waals surface area contributed by atoms with Crippen LogP contribution in [0.5, 0.6) is 0 Å². The second-order valence-corrected chi connectivity index (χ2v) is 6.59. The predicted molar refractivity (Wildman–Crippen MR) is 82.8 cm³/mol. The summed E-state index contributed by atoms with van der Waals surface area (Å²) in [5, 5.41) is 15.4. The fraction of sp³-hybridized carbons (Fsp3) is 0.533. The van der Waals surface area contributed by atoms with Gasteiger partial charge < -0.3 is 15.7 Å². The van der Waals surface area contributed by atoms with E-state index in [1.165, 1.54) is 0 Å². The van der Waals surface area contributed by atoms with Crippen LogP contribution >= 0.6 is 11.8 Å². The second kappa shape index (κ2) is 7.28. The third kappa shape index (κ3) is 4.33. The number of carbonyl (C=O) groups is 1. The van der Waals surface area contributed by atoms with Crippen molar-refractivity contribution in [3.8, 4) is 0 Å². The van der Waals surface area contributed by atoms with Crippen LogP contribution in [-0.2, 0) is 0 Å². The van der Waals surface area contributed by atoms with Gasteiger partial charge in [0, 0.05) is 17.9 Å². The summed E-state index contributed by atoms with van der Waals surface area (Å²) in [5.41, 5.74) is -0.763. The Morgan fingerprint density at radius 3 is 2.91 bits per heavy atom. The lowest BCUT2D eigenvalue weighted by Gasteiger charge is -2.23. The van der Waals surface area contributed by atoms with Gasteiger partial charge >= 0.3 is 6.03 Å². The molecule has 2 atom stereocenters. The Bertz CT molecular complexity index is 536. The van der Waals surface area contributed by atoms with Gasteiger partial charge in [0.05, 0.1) is 11.6 Å². The van der Waals surface area contributed by atoms with E-state index < -0.39 is 29.3 Å². The molecule has 22 heavy (non-hydrogen) atoms. The maximum Gasteiger partial charge on any atom is 0.315 e. The number of halogens is 2. The van der Waals surface area contributed by atoms with Crippen LogP contribution in [-0.4, -0.2) is 34.8 Å². The Labute approximate surface area is 132 Å². The normalized spacial score (nSPS) is 22.4. The number of hydrogen-bond acceptors (Lipinski definition) is 3. The summed E-state index contributed by atoms with van der Waals surface area (Å²) < 4.78 is 27.0. The fourth-order valence-corrected chi connectivity index (χ4v) is 3.67. The van der Waals surface area contributed by atoms with E-state index in [0.717, 1.165) is 24.0 Å². The summed E-state index contributed by atoms with van der Waals surface area (Å²) >= 11 is 1.64. The zero-order valence-electron chi connectivity index (χ0n) is 12.4. The first-order valence-electron chi connectivity index (χ1n) is 7.23. The molecule has 1 aromatic rings. The monoisotopic (exact) mass is 330 g/mol. The minimum Gasteiger partial charge on any atom is -0.387 e. The molecular formula is C15H20F2N2O2S. The minimum absolute atomic E-state index is 0.118. The highest BCUT2D eigenvalue weighted by molar-refractivity contribution is 7.99. The Morgan fingerprint density at radius 1 is 1.50 bits per heavy atom. The quantitative estimate of drug-likeness (QED) is 0.778. The van der Waals surface area contributed by atoms with Crippen molar-refractivity contribution in [3.05, 3.63) is 35.4 Å². The second-order valence-electron chi connectivity index (χ2n) is 5.48. The largest absolute Gasteiger partial charge is 0.387 e. The standard InChI is InChI=1S/C15H20F2N2O2S/c1-2-13(11-7-10(16)3-4-12(11)17)19-14(20)18-8-15(21)5-6-22-9-15/h3-4,7,13,21H,2,5-6,8-9H2,1H3,(H2,18,19,20)/t13-,15-/m0/s1. The van der Waals surface area contributed by atoms with Crippen molar-refractivity contribution in [1.29, 1.82) is 0 Å². The maximum absolute atomic E-state index is 13.8. The van der Waals surface area contributed by atoms with Gasteiger partial charge in [-0.3, -0.25) is 0 Å². The molecule has 2 rings (SSSR count). The maximum atomic E-state index is 13.8. The van der Waals surface area contributed by atoms with Crippen molar-refractivity contribution in [3.63, 3.8) is 0 Å². The van der Waals surface area contributed by atoms with E-state index in [9.17, 15) is 18.7 Å². The van der Waals surface area contributed by atoms with Crippen molar-refractivity contribution < 1.29 is 18.7 Å². The van der Waals surface area contributed by atoms with Crippen LogP contribution in [0, 0.1) is 11.6 Å². The third-order valence-corrected chi connectivity index (χ3v) is 4.94. The van der Waals surface area contributed by atoms with Crippen LogP contribution in [0.25, 0.3) is 0 Å². The SMILES string of the molecule is CC[C@H](NC(=O)NC[C@@]1(O)CCSC1)c1cc(F)ccc1F. The lowest BCUT2D eigenvalue weighted by Crippen LogP contribution is -2.47. The first-order valence-corrected chi connectivity index (χ1v) is 8.38. The van der Waals surface area contributed by atoms with Crippen molar-refractivity contribution in [2.75, 3.05) is 18.1 Å². The van der Waals surface area contributed by atoms with Gasteiger partial charge in [-0.1, -0.05) is 6.92 Å². The molecule has 2 amide bonds. The third-order valence-electron chi connectivity index (χ3n) is 3.71. The van der Waals surface area contributed by atoms with Gasteiger partial charge in [0.1, 0.15) is 11.6 Å². The van der Waals surface area contributed by atoms with E-state index in [4.69, 9.17) is 0 Å². The molecule has 122 valence electrons. The van der Waals surface area contributed by atoms with E-state index in [0.29, 0.717) is 18.6 Å². The number of amides is 2. The number of thioether (sulfide) groups is 1. The van der Waals surface area contributed by atoms with Crippen LogP contribution < -0.4 is 10.6 Å². The molecule has 4 nitrogen and oxygen atoms in total. The first-order chi connectivity index (χ1) is 10.4. The molecule has 0 aromatic heterocycles. The first kappa shape index (κ1) is 17.0. The number of nitrogens with one attached hydrogen (secondary N) is 2. The number of carbonyl (C=O) groups excluding carboxylic acids is 1. The summed E-state index contributed by atoms with van der Waals surface area (Å²) in [6.45, 7) is 1.92. The molecule has 1 heterocycles. The highest BCUT2D eigenvalue weighted by Gasteiger charge is 2.32. The summed E-state index contributed by atoms with van der Waals surface area (Å²) in [4.78, 5) is 11.9. The number of benzene rings is 1.